The third-order valence-electron chi connectivity index (χ3n) is 1.89. The van der Waals surface area contributed by atoms with E-state index in [1.54, 1.807) is 0 Å². The molecule has 10 heavy (non-hydrogen) atoms. The number of hydrogen-bond acceptors (Lipinski definition) is 2. The fourth-order valence-corrected chi connectivity index (χ4v) is 2.61. The van der Waals surface area contributed by atoms with Crippen LogP contribution in [0.15, 0.2) is 0 Å². The van der Waals surface area contributed by atoms with Crippen LogP contribution >= 0.6 is 10.7 Å². The zero-order valence-electron chi connectivity index (χ0n) is 5.88. The van der Waals surface area contributed by atoms with E-state index in [1.807, 2.05) is 6.92 Å². The summed E-state index contributed by atoms with van der Waals surface area (Å²) in [5.41, 5.74) is 0. The molecular formula is C6H11ClO2S. The second-order valence-electron chi connectivity index (χ2n) is 3.02. The van der Waals surface area contributed by atoms with E-state index in [-0.39, 0.29) is 11.7 Å². The van der Waals surface area contributed by atoms with Crippen molar-refractivity contribution in [1.29, 1.82) is 0 Å². The topological polar surface area (TPSA) is 34.1 Å². The first-order valence-electron chi connectivity index (χ1n) is 3.41. The summed E-state index contributed by atoms with van der Waals surface area (Å²) < 4.78 is 21.1. The first-order valence-corrected chi connectivity index (χ1v) is 5.89. The van der Waals surface area contributed by atoms with Crippen molar-refractivity contribution >= 4 is 19.7 Å². The molecule has 0 N–H and O–H groups in total. The van der Waals surface area contributed by atoms with Crippen LogP contribution in [0, 0.1) is 11.8 Å². The maximum atomic E-state index is 10.5. The van der Waals surface area contributed by atoms with E-state index < -0.39 is 9.05 Å². The first kappa shape index (κ1) is 8.34. The number of halogens is 1. The molecule has 60 valence electrons. The predicted molar refractivity (Wildman–Crippen MR) is 41.5 cm³/mol. The third-order valence-corrected chi connectivity index (χ3v) is 3.19. The average molecular weight is 183 g/mol. The summed E-state index contributed by atoms with van der Waals surface area (Å²) in [7, 11) is 1.82. The minimum Gasteiger partial charge on any atom is -0.212 e. The lowest BCUT2D eigenvalue weighted by molar-refractivity contribution is 0.543. The summed E-state index contributed by atoms with van der Waals surface area (Å²) in [6.45, 7) is 1.94. The molecule has 0 aromatic carbocycles. The lowest BCUT2D eigenvalue weighted by Crippen LogP contribution is -2.09. The second kappa shape index (κ2) is 2.70. The summed E-state index contributed by atoms with van der Waals surface area (Å²) in [6, 6.07) is 0. The summed E-state index contributed by atoms with van der Waals surface area (Å²) >= 11 is 0. The van der Waals surface area contributed by atoms with Gasteiger partial charge in [-0.2, -0.15) is 0 Å². The minimum absolute atomic E-state index is 0.138. The normalized spacial score (nSPS) is 22.6. The van der Waals surface area contributed by atoms with E-state index >= 15 is 0 Å². The summed E-state index contributed by atoms with van der Waals surface area (Å²) in [5.74, 6) is 1.01. The maximum Gasteiger partial charge on any atom is 0.232 e. The monoisotopic (exact) mass is 182 g/mol. The van der Waals surface area contributed by atoms with Crippen molar-refractivity contribution in [3.63, 3.8) is 0 Å². The molecule has 1 unspecified atom stereocenters. The van der Waals surface area contributed by atoms with Gasteiger partial charge in [-0.3, -0.25) is 0 Å². The third kappa shape index (κ3) is 2.88. The molecule has 0 radical (unpaired) electrons. The van der Waals surface area contributed by atoms with Crippen LogP contribution < -0.4 is 0 Å². The lowest BCUT2D eigenvalue weighted by atomic mass is 10.1. The van der Waals surface area contributed by atoms with Crippen molar-refractivity contribution in [1.82, 2.24) is 0 Å². The molecule has 0 amide bonds. The van der Waals surface area contributed by atoms with Crippen LogP contribution in [0.4, 0.5) is 0 Å². The minimum atomic E-state index is -3.26. The Morgan fingerprint density at radius 3 is 2.40 bits per heavy atom. The summed E-state index contributed by atoms with van der Waals surface area (Å²) in [4.78, 5) is 0. The average Bonchev–Trinajstić information content (AvgIpc) is 2.35. The van der Waals surface area contributed by atoms with Gasteiger partial charge in [0, 0.05) is 10.7 Å². The molecule has 0 heterocycles. The molecule has 0 bridgehead atoms. The molecule has 2 nitrogen and oxygen atoms in total. The van der Waals surface area contributed by atoms with Gasteiger partial charge in [0.1, 0.15) is 0 Å². The molecule has 1 aliphatic carbocycles. The number of hydrogen-bond donors (Lipinski definition) is 0. The van der Waals surface area contributed by atoms with Crippen LogP contribution in [0.3, 0.4) is 0 Å². The fourth-order valence-electron chi connectivity index (χ4n) is 1.12. The zero-order chi connectivity index (χ0) is 7.78. The Bertz CT molecular complexity index is 206. The molecule has 0 aliphatic heterocycles. The van der Waals surface area contributed by atoms with Crippen LogP contribution in [0.5, 0.6) is 0 Å². The second-order valence-corrected chi connectivity index (χ2v) is 5.84. The lowest BCUT2D eigenvalue weighted by Gasteiger charge is -2.04. The van der Waals surface area contributed by atoms with Crippen LogP contribution in [0.1, 0.15) is 19.8 Å². The van der Waals surface area contributed by atoms with Gasteiger partial charge in [-0.1, -0.05) is 6.92 Å². The van der Waals surface area contributed by atoms with E-state index in [4.69, 9.17) is 10.7 Å². The molecule has 0 aromatic rings. The Morgan fingerprint density at radius 2 is 2.10 bits per heavy atom. The Balaban J connectivity index is 2.37. The highest BCUT2D eigenvalue weighted by Gasteiger charge is 2.30. The van der Waals surface area contributed by atoms with Crippen molar-refractivity contribution < 1.29 is 8.42 Å². The molecule has 4 heteroatoms. The van der Waals surface area contributed by atoms with Gasteiger partial charge in [-0.25, -0.2) is 8.42 Å². The van der Waals surface area contributed by atoms with Crippen molar-refractivity contribution in [3.8, 4) is 0 Å². The SMILES string of the molecule is CC(CS(=O)(=O)Cl)C1CC1. The van der Waals surface area contributed by atoms with Crippen molar-refractivity contribution in [2.24, 2.45) is 11.8 Å². The molecule has 0 aromatic heterocycles. The molecule has 1 saturated carbocycles. The Morgan fingerprint density at radius 1 is 1.60 bits per heavy atom. The van der Waals surface area contributed by atoms with E-state index in [0.717, 1.165) is 0 Å². The van der Waals surface area contributed by atoms with Gasteiger partial charge < -0.3 is 0 Å². The van der Waals surface area contributed by atoms with Gasteiger partial charge in [0.25, 0.3) is 0 Å². The molecule has 1 fully saturated rings. The fraction of sp³-hybridized carbons (Fsp3) is 1.00. The highest BCUT2D eigenvalue weighted by Crippen LogP contribution is 2.37. The van der Waals surface area contributed by atoms with E-state index in [1.165, 1.54) is 12.8 Å². The van der Waals surface area contributed by atoms with Crippen molar-refractivity contribution in [2.75, 3.05) is 5.75 Å². The van der Waals surface area contributed by atoms with Crippen LogP contribution in [0.2, 0.25) is 0 Å². The van der Waals surface area contributed by atoms with Gasteiger partial charge in [-0.05, 0) is 24.7 Å². The molecule has 0 spiro atoms. The molecule has 0 saturated heterocycles. The molecule has 1 atom stereocenters. The van der Waals surface area contributed by atoms with Gasteiger partial charge >= 0.3 is 0 Å². The summed E-state index contributed by atoms with van der Waals surface area (Å²) in [5, 5.41) is 0. The van der Waals surface area contributed by atoms with Crippen molar-refractivity contribution in [2.45, 2.75) is 19.8 Å². The Kier molecular flexibility index (Phi) is 2.25. The molecule has 1 rings (SSSR count). The van der Waals surface area contributed by atoms with E-state index in [2.05, 4.69) is 0 Å². The first-order chi connectivity index (χ1) is 4.49. The van der Waals surface area contributed by atoms with Gasteiger partial charge in [-0.15, -0.1) is 0 Å². The van der Waals surface area contributed by atoms with Crippen LogP contribution in [0.25, 0.3) is 0 Å². The van der Waals surface area contributed by atoms with E-state index in [9.17, 15) is 8.42 Å². The van der Waals surface area contributed by atoms with E-state index in [0.29, 0.717) is 5.92 Å². The quantitative estimate of drug-likeness (QED) is 0.622. The van der Waals surface area contributed by atoms with Gasteiger partial charge in [0.15, 0.2) is 0 Å². The highest BCUT2D eigenvalue weighted by atomic mass is 35.7. The standard InChI is InChI=1S/C6H11ClO2S/c1-5(6-2-3-6)4-10(7,8)9/h5-6H,2-4H2,1H3. The smallest absolute Gasteiger partial charge is 0.212 e. The van der Waals surface area contributed by atoms with Gasteiger partial charge in [0.05, 0.1) is 5.75 Å². The Hall–Kier alpha value is 0.240. The summed E-state index contributed by atoms with van der Waals surface area (Å²) in [6.07, 6.45) is 2.35. The number of rotatable bonds is 3. The van der Waals surface area contributed by atoms with Crippen molar-refractivity contribution in [3.05, 3.63) is 0 Å². The van der Waals surface area contributed by atoms with Gasteiger partial charge in [0.2, 0.25) is 9.05 Å². The predicted octanol–water partition coefficient (Wildman–Crippen LogP) is 1.60. The maximum absolute atomic E-state index is 10.5. The van der Waals surface area contributed by atoms with Crippen LogP contribution in [-0.4, -0.2) is 14.2 Å². The van der Waals surface area contributed by atoms with Crippen LogP contribution in [-0.2, 0) is 9.05 Å². The molecular weight excluding hydrogens is 172 g/mol. The largest absolute Gasteiger partial charge is 0.232 e. The highest BCUT2D eigenvalue weighted by molar-refractivity contribution is 8.13. The Labute approximate surface area is 66.0 Å². The zero-order valence-corrected chi connectivity index (χ0v) is 7.45. The molecule has 1 aliphatic rings.